The van der Waals surface area contributed by atoms with E-state index in [1.54, 1.807) is 10.6 Å². The highest BCUT2D eigenvalue weighted by Crippen LogP contribution is 2.27. The number of carbonyl (C=O) groups is 1. The Balaban J connectivity index is 1.89. The largest absolute Gasteiger partial charge is 0.478 e. The Morgan fingerprint density at radius 3 is 2.69 bits per heavy atom. The van der Waals surface area contributed by atoms with Crippen LogP contribution < -0.4 is 5.56 Å². The van der Waals surface area contributed by atoms with Crippen LogP contribution >= 0.6 is 0 Å². The van der Waals surface area contributed by atoms with Gasteiger partial charge in [-0.25, -0.2) is 9.78 Å². The highest BCUT2D eigenvalue weighted by atomic mass is 16.4. The van der Waals surface area contributed by atoms with Crippen molar-refractivity contribution < 1.29 is 9.90 Å². The fourth-order valence-corrected chi connectivity index (χ4v) is 3.35. The molecule has 2 heterocycles. The number of fused-ring (bicyclic) bond motifs is 2. The second-order valence-electron chi connectivity index (χ2n) is 6.61. The second-order valence-corrected chi connectivity index (χ2v) is 6.61. The van der Waals surface area contributed by atoms with Gasteiger partial charge in [-0.15, -0.1) is 0 Å². The summed E-state index contributed by atoms with van der Waals surface area (Å²) in [5.41, 5.74) is 3.76. The number of aryl methyl sites for hydroxylation is 1. The molecule has 5 heteroatoms. The van der Waals surface area contributed by atoms with Crippen molar-refractivity contribution in [3.05, 3.63) is 75.3 Å². The summed E-state index contributed by atoms with van der Waals surface area (Å²) in [7, 11) is 0. The van der Waals surface area contributed by atoms with Crippen LogP contribution in [0.5, 0.6) is 0 Å². The SMILES string of the molecule is Cc1ccc(C=C2CCCn3c2nc2ccc(C(=O)O)cc2c3=O)cc1. The maximum absolute atomic E-state index is 12.9. The molecule has 0 atom stereocenters. The van der Waals surface area contributed by atoms with Crippen LogP contribution in [0.4, 0.5) is 0 Å². The van der Waals surface area contributed by atoms with Crippen molar-refractivity contribution in [3.63, 3.8) is 0 Å². The Morgan fingerprint density at radius 1 is 1.19 bits per heavy atom. The molecule has 4 rings (SSSR count). The molecule has 0 saturated heterocycles. The molecule has 0 fully saturated rings. The summed E-state index contributed by atoms with van der Waals surface area (Å²) in [6.07, 6.45) is 3.80. The van der Waals surface area contributed by atoms with Gasteiger partial charge in [-0.05, 0) is 55.2 Å². The smallest absolute Gasteiger partial charge is 0.335 e. The number of hydrogen-bond donors (Lipinski definition) is 1. The summed E-state index contributed by atoms with van der Waals surface area (Å²) in [4.78, 5) is 28.8. The maximum atomic E-state index is 12.9. The quantitative estimate of drug-likeness (QED) is 0.767. The summed E-state index contributed by atoms with van der Waals surface area (Å²) in [5.74, 6) is -0.369. The predicted octanol–water partition coefficient (Wildman–Crippen LogP) is 3.74. The zero-order valence-corrected chi connectivity index (χ0v) is 14.4. The summed E-state index contributed by atoms with van der Waals surface area (Å²) >= 11 is 0. The highest BCUT2D eigenvalue weighted by Gasteiger charge is 2.19. The molecule has 1 aromatic heterocycles. The molecule has 0 bridgehead atoms. The van der Waals surface area contributed by atoms with Crippen molar-refractivity contribution in [2.75, 3.05) is 0 Å². The lowest BCUT2D eigenvalue weighted by molar-refractivity contribution is 0.0697. The van der Waals surface area contributed by atoms with Gasteiger partial charge in [0.25, 0.3) is 5.56 Å². The van der Waals surface area contributed by atoms with Gasteiger partial charge in [-0.1, -0.05) is 29.8 Å². The van der Waals surface area contributed by atoms with Gasteiger partial charge in [0.2, 0.25) is 0 Å². The van der Waals surface area contributed by atoms with Gasteiger partial charge < -0.3 is 5.11 Å². The van der Waals surface area contributed by atoms with Crippen LogP contribution in [0.15, 0.2) is 47.3 Å². The van der Waals surface area contributed by atoms with Crippen LogP contribution in [0.2, 0.25) is 0 Å². The van der Waals surface area contributed by atoms with Crippen molar-refractivity contribution >= 4 is 28.5 Å². The minimum Gasteiger partial charge on any atom is -0.478 e. The predicted molar refractivity (Wildman–Crippen MR) is 101 cm³/mol. The minimum atomic E-state index is -1.05. The Hall–Kier alpha value is -3.21. The fraction of sp³-hybridized carbons (Fsp3) is 0.190. The lowest BCUT2D eigenvalue weighted by Crippen LogP contribution is -2.28. The van der Waals surface area contributed by atoms with Crippen molar-refractivity contribution in [2.24, 2.45) is 0 Å². The molecule has 0 spiro atoms. The maximum Gasteiger partial charge on any atom is 0.335 e. The van der Waals surface area contributed by atoms with Gasteiger partial charge in [-0.2, -0.15) is 0 Å². The van der Waals surface area contributed by atoms with E-state index < -0.39 is 5.97 Å². The second kappa shape index (κ2) is 6.26. The molecule has 2 aromatic carbocycles. The van der Waals surface area contributed by atoms with E-state index in [-0.39, 0.29) is 11.1 Å². The molecule has 0 unspecified atom stereocenters. The van der Waals surface area contributed by atoms with Crippen LogP contribution in [0.1, 0.15) is 40.2 Å². The number of carboxylic acids is 1. The Kier molecular flexibility index (Phi) is 3.92. The van der Waals surface area contributed by atoms with E-state index in [9.17, 15) is 9.59 Å². The molecule has 1 N–H and O–H groups in total. The molecule has 0 amide bonds. The van der Waals surface area contributed by atoms with Gasteiger partial charge in [0.1, 0.15) is 5.82 Å². The number of allylic oxidation sites excluding steroid dienone is 1. The molecule has 5 nitrogen and oxygen atoms in total. The number of carboxylic acid groups (broad SMARTS) is 1. The lowest BCUT2D eigenvalue weighted by Gasteiger charge is -2.21. The topological polar surface area (TPSA) is 72.2 Å². The molecular weight excluding hydrogens is 328 g/mol. The van der Waals surface area contributed by atoms with E-state index >= 15 is 0 Å². The zero-order chi connectivity index (χ0) is 18.3. The molecule has 26 heavy (non-hydrogen) atoms. The van der Waals surface area contributed by atoms with E-state index in [1.165, 1.54) is 17.7 Å². The third-order valence-electron chi connectivity index (χ3n) is 4.73. The minimum absolute atomic E-state index is 0.100. The number of aromatic carboxylic acids is 1. The van der Waals surface area contributed by atoms with Crippen LogP contribution in [-0.4, -0.2) is 20.6 Å². The third kappa shape index (κ3) is 2.81. The molecule has 1 aliphatic heterocycles. The first-order valence-corrected chi connectivity index (χ1v) is 8.58. The van der Waals surface area contributed by atoms with Crippen molar-refractivity contribution in [1.82, 2.24) is 9.55 Å². The first kappa shape index (κ1) is 16.3. The van der Waals surface area contributed by atoms with Crippen molar-refractivity contribution in [1.29, 1.82) is 0 Å². The van der Waals surface area contributed by atoms with Crippen LogP contribution in [-0.2, 0) is 6.54 Å². The van der Waals surface area contributed by atoms with E-state index in [4.69, 9.17) is 5.11 Å². The monoisotopic (exact) mass is 346 g/mol. The highest BCUT2D eigenvalue weighted by molar-refractivity contribution is 5.93. The number of nitrogens with zero attached hydrogens (tertiary/aromatic N) is 2. The Morgan fingerprint density at radius 2 is 1.96 bits per heavy atom. The molecule has 0 radical (unpaired) electrons. The van der Waals surface area contributed by atoms with Gasteiger partial charge in [0.05, 0.1) is 16.5 Å². The number of aromatic nitrogens is 2. The standard InChI is InChI=1S/C21H18N2O3/c1-13-4-6-14(7-5-13)11-15-3-2-10-23-19(15)22-18-9-8-16(21(25)26)12-17(18)20(23)24/h4-9,11-12H,2-3,10H2,1H3,(H,25,26). The van der Waals surface area contributed by atoms with E-state index in [0.717, 1.165) is 24.0 Å². The van der Waals surface area contributed by atoms with Gasteiger partial charge >= 0.3 is 5.97 Å². The normalized spacial score (nSPS) is 15.2. The van der Waals surface area contributed by atoms with Crippen molar-refractivity contribution in [2.45, 2.75) is 26.3 Å². The fourth-order valence-electron chi connectivity index (χ4n) is 3.35. The number of benzene rings is 2. The van der Waals surface area contributed by atoms with E-state index in [0.29, 0.717) is 23.3 Å². The first-order chi connectivity index (χ1) is 12.5. The zero-order valence-electron chi connectivity index (χ0n) is 14.4. The average molecular weight is 346 g/mol. The molecule has 0 saturated carbocycles. The van der Waals surface area contributed by atoms with Gasteiger partial charge in [0.15, 0.2) is 0 Å². The van der Waals surface area contributed by atoms with Crippen LogP contribution in [0.25, 0.3) is 22.6 Å². The number of hydrogen-bond acceptors (Lipinski definition) is 3. The molecular formula is C21H18N2O3. The summed E-state index contributed by atoms with van der Waals surface area (Å²) in [6, 6.07) is 12.7. The van der Waals surface area contributed by atoms with Gasteiger partial charge in [-0.3, -0.25) is 9.36 Å². The molecule has 130 valence electrons. The lowest BCUT2D eigenvalue weighted by atomic mass is 10.0. The van der Waals surface area contributed by atoms with Crippen LogP contribution in [0.3, 0.4) is 0 Å². The molecule has 0 aliphatic carbocycles. The number of rotatable bonds is 2. The van der Waals surface area contributed by atoms with Crippen molar-refractivity contribution in [3.8, 4) is 0 Å². The van der Waals surface area contributed by atoms with E-state index in [2.05, 4.69) is 35.3 Å². The Labute approximate surface area is 150 Å². The molecule has 1 aliphatic rings. The Bertz CT molecular complexity index is 1110. The average Bonchev–Trinajstić information content (AvgIpc) is 2.64. The summed E-state index contributed by atoms with van der Waals surface area (Å²) in [6.45, 7) is 2.64. The van der Waals surface area contributed by atoms with Crippen LogP contribution in [0, 0.1) is 6.92 Å². The van der Waals surface area contributed by atoms with Gasteiger partial charge in [0, 0.05) is 6.54 Å². The third-order valence-corrected chi connectivity index (χ3v) is 4.73. The van der Waals surface area contributed by atoms with E-state index in [1.807, 2.05) is 6.92 Å². The first-order valence-electron chi connectivity index (χ1n) is 8.58. The summed E-state index contributed by atoms with van der Waals surface area (Å²) < 4.78 is 1.66. The summed E-state index contributed by atoms with van der Waals surface area (Å²) in [5, 5.41) is 9.51. The molecule has 3 aromatic rings.